The number of carbonyl (C=O) groups is 1. The quantitative estimate of drug-likeness (QED) is 0.817. The molecule has 1 N–H and O–H groups in total. The van der Waals surface area contributed by atoms with Crippen molar-refractivity contribution in [2.75, 3.05) is 26.8 Å². The Balaban J connectivity index is 1.49. The van der Waals surface area contributed by atoms with Crippen LogP contribution in [0.2, 0.25) is 0 Å². The normalized spacial score (nSPS) is 20.0. The van der Waals surface area contributed by atoms with E-state index in [0.29, 0.717) is 13.2 Å². The summed E-state index contributed by atoms with van der Waals surface area (Å²) in [6.07, 6.45) is 7.40. The van der Waals surface area contributed by atoms with E-state index in [4.69, 9.17) is 4.74 Å². The third-order valence-corrected chi connectivity index (χ3v) is 4.57. The van der Waals surface area contributed by atoms with Crippen LogP contribution in [-0.4, -0.2) is 47.7 Å². The Morgan fingerprint density at radius 1 is 1.43 bits per heavy atom. The summed E-state index contributed by atoms with van der Waals surface area (Å²) in [6.45, 7) is 3.95. The van der Waals surface area contributed by atoms with E-state index < -0.39 is 0 Å². The predicted molar refractivity (Wildman–Crippen MR) is 87.2 cm³/mol. The number of nitrogens with zero attached hydrogens (tertiary/aromatic N) is 3. The molecule has 0 aromatic carbocycles. The van der Waals surface area contributed by atoms with Crippen LogP contribution in [0, 0.1) is 12.8 Å². The molecule has 1 fully saturated rings. The number of nitrogens with one attached hydrogen (secondary N) is 1. The van der Waals surface area contributed by atoms with E-state index in [9.17, 15) is 4.79 Å². The number of ether oxygens (including phenoxy) is 1. The highest BCUT2D eigenvalue weighted by Crippen LogP contribution is 2.29. The number of likely N-dealkylation sites (N-methyl/N-ethyl adjacent to an activating group) is 1. The van der Waals surface area contributed by atoms with E-state index in [-0.39, 0.29) is 12.1 Å². The molecule has 2 aliphatic rings. The third kappa shape index (κ3) is 4.41. The number of aromatic nitrogens is 2. The predicted octanol–water partition coefficient (Wildman–Crippen LogP) is 2.23. The molecule has 2 aliphatic carbocycles. The third-order valence-electron chi connectivity index (χ3n) is 4.57. The van der Waals surface area contributed by atoms with Crippen molar-refractivity contribution < 1.29 is 9.53 Å². The SMILES string of the molecule is Cc1ncc2c(n1)CCC[C@H]2NC(=O)N(C)CCOCC1CC1. The first-order chi connectivity index (χ1) is 11.1. The van der Waals surface area contributed by atoms with Gasteiger partial charge in [0.15, 0.2) is 0 Å². The molecule has 1 saturated carbocycles. The van der Waals surface area contributed by atoms with Crippen molar-refractivity contribution in [3.8, 4) is 0 Å². The summed E-state index contributed by atoms with van der Waals surface area (Å²) in [5.74, 6) is 1.55. The Bertz CT molecular complexity index is 560. The number of urea groups is 1. The van der Waals surface area contributed by atoms with Crippen LogP contribution in [0.15, 0.2) is 6.20 Å². The second-order valence-corrected chi connectivity index (χ2v) is 6.65. The first kappa shape index (κ1) is 16.2. The fourth-order valence-electron chi connectivity index (χ4n) is 2.89. The van der Waals surface area contributed by atoms with Gasteiger partial charge in [-0.3, -0.25) is 0 Å². The molecule has 0 unspecified atom stereocenters. The summed E-state index contributed by atoms with van der Waals surface area (Å²) in [4.78, 5) is 22.8. The highest BCUT2D eigenvalue weighted by molar-refractivity contribution is 5.74. The highest BCUT2D eigenvalue weighted by Gasteiger charge is 2.25. The lowest BCUT2D eigenvalue weighted by Crippen LogP contribution is -2.41. The molecule has 3 rings (SSSR count). The smallest absolute Gasteiger partial charge is 0.317 e. The first-order valence-corrected chi connectivity index (χ1v) is 8.55. The monoisotopic (exact) mass is 318 g/mol. The molecule has 1 heterocycles. The summed E-state index contributed by atoms with van der Waals surface area (Å²) >= 11 is 0. The van der Waals surface area contributed by atoms with Crippen molar-refractivity contribution >= 4 is 6.03 Å². The van der Waals surface area contributed by atoms with Crippen LogP contribution in [0.3, 0.4) is 0 Å². The number of hydrogen-bond acceptors (Lipinski definition) is 4. The largest absolute Gasteiger partial charge is 0.379 e. The van der Waals surface area contributed by atoms with Crippen LogP contribution in [0.1, 0.15) is 48.8 Å². The van der Waals surface area contributed by atoms with Crippen molar-refractivity contribution in [2.24, 2.45) is 5.92 Å². The van der Waals surface area contributed by atoms with Gasteiger partial charge in [0.1, 0.15) is 5.82 Å². The fraction of sp³-hybridized carbons (Fsp3) is 0.706. The van der Waals surface area contributed by atoms with E-state index >= 15 is 0 Å². The molecule has 6 nitrogen and oxygen atoms in total. The second kappa shape index (κ2) is 7.25. The van der Waals surface area contributed by atoms with Gasteiger partial charge in [-0.05, 0) is 44.9 Å². The zero-order valence-corrected chi connectivity index (χ0v) is 14.0. The molecule has 0 aliphatic heterocycles. The first-order valence-electron chi connectivity index (χ1n) is 8.55. The summed E-state index contributed by atoms with van der Waals surface area (Å²) in [7, 11) is 1.81. The Morgan fingerprint density at radius 3 is 3.04 bits per heavy atom. The minimum atomic E-state index is -0.0570. The summed E-state index contributed by atoms with van der Waals surface area (Å²) in [5.41, 5.74) is 2.14. The number of hydrogen-bond donors (Lipinski definition) is 1. The molecule has 2 amide bonds. The molecule has 0 radical (unpaired) electrons. The van der Waals surface area contributed by atoms with E-state index in [2.05, 4.69) is 15.3 Å². The molecule has 1 aromatic rings. The van der Waals surface area contributed by atoms with Crippen LogP contribution in [0.25, 0.3) is 0 Å². The average Bonchev–Trinajstić information content (AvgIpc) is 3.35. The molecule has 1 aromatic heterocycles. The van der Waals surface area contributed by atoms with E-state index in [1.807, 2.05) is 20.2 Å². The molecule has 1 atom stereocenters. The zero-order valence-electron chi connectivity index (χ0n) is 14.0. The van der Waals surface area contributed by atoms with E-state index in [0.717, 1.165) is 48.9 Å². The highest BCUT2D eigenvalue weighted by atomic mass is 16.5. The van der Waals surface area contributed by atoms with Gasteiger partial charge in [-0.25, -0.2) is 14.8 Å². The van der Waals surface area contributed by atoms with Gasteiger partial charge in [0, 0.05) is 37.7 Å². The van der Waals surface area contributed by atoms with Gasteiger partial charge in [-0.1, -0.05) is 0 Å². The summed E-state index contributed by atoms with van der Waals surface area (Å²) in [5, 5.41) is 3.11. The minimum absolute atomic E-state index is 0.0154. The molecular formula is C17H26N4O2. The van der Waals surface area contributed by atoms with E-state index in [1.165, 1.54) is 12.8 Å². The van der Waals surface area contributed by atoms with Crippen LogP contribution in [0.4, 0.5) is 4.79 Å². The molecule has 126 valence electrons. The Hall–Kier alpha value is -1.69. The molecule has 23 heavy (non-hydrogen) atoms. The maximum absolute atomic E-state index is 12.3. The Kier molecular flexibility index (Phi) is 5.10. The Morgan fingerprint density at radius 2 is 2.26 bits per heavy atom. The lowest BCUT2D eigenvalue weighted by Gasteiger charge is -2.27. The average molecular weight is 318 g/mol. The van der Waals surface area contributed by atoms with E-state index in [1.54, 1.807) is 4.90 Å². The maximum atomic E-state index is 12.3. The molecule has 0 saturated heterocycles. The summed E-state index contributed by atoms with van der Waals surface area (Å²) in [6, 6.07) is -0.0415. The Labute approximate surface area is 137 Å². The van der Waals surface area contributed by atoms with Crippen LogP contribution >= 0.6 is 0 Å². The standard InChI is InChI=1S/C17H26N4O2/c1-12-18-10-14-15(19-12)4-3-5-16(14)20-17(22)21(2)8-9-23-11-13-6-7-13/h10,13,16H,3-9,11H2,1-2H3,(H,20,22)/t16-/m1/s1. The van der Waals surface area contributed by atoms with Crippen LogP contribution < -0.4 is 5.32 Å². The number of rotatable bonds is 6. The lowest BCUT2D eigenvalue weighted by atomic mass is 9.92. The number of fused-ring (bicyclic) bond motifs is 1. The zero-order chi connectivity index (χ0) is 16.2. The van der Waals surface area contributed by atoms with Crippen molar-refractivity contribution in [1.82, 2.24) is 20.2 Å². The van der Waals surface area contributed by atoms with Gasteiger partial charge in [0.2, 0.25) is 0 Å². The van der Waals surface area contributed by atoms with Crippen molar-refractivity contribution in [3.63, 3.8) is 0 Å². The molecule has 0 bridgehead atoms. The van der Waals surface area contributed by atoms with Gasteiger partial charge in [0.05, 0.1) is 12.6 Å². The van der Waals surface area contributed by atoms with Gasteiger partial charge in [0.25, 0.3) is 0 Å². The number of carbonyl (C=O) groups excluding carboxylic acids is 1. The minimum Gasteiger partial charge on any atom is -0.379 e. The van der Waals surface area contributed by atoms with Crippen molar-refractivity contribution in [1.29, 1.82) is 0 Å². The molecular weight excluding hydrogens is 292 g/mol. The van der Waals surface area contributed by atoms with Gasteiger partial charge in [-0.15, -0.1) is 0 Å². The molecule has 0 spiro atoms. The maximum Gasteiger partial charge on any atom is 0.317 e. The topological polar surface area (TPSA) is 67.4 Å². The lowest BCUT2D eigenvalue weighted by molar-refractivity contribution is 0.107. The van der Waals surface area contributed by atoms with Gasteiger partial charge in [-0.2, -0.15) is 0 Å². The van der Waals surface area contributed by atoms with Gasteiger partial charge >= 0.3 is 6.03 Å². The number of aryl methyl sites for hydroxylation is 2. The fourth-order valence-corrected chi connectivity index (χ4v) is 2.89. The summed E-state index contributed by atoms with van der Waals surface area (Å²) < 4.78 is 5.60. The number of amides is 2. The van der Waals surface area contributed by atoms with Crippen LogP contribution in [-0.2, 0) is 11.2 Å². The van der Waals surface area contributed by atoms with Crippen molar-refractivity contribution in [3.05, 3.63) is 23.3 Å². The molecule has 6 heteroatoms. The van der Waals surface area contributed by atoms with Crippen molar-refractivity contribution in [2.45, 2.75) is 45.1 Å². The van der Waals surface area contributed by atoms with Gasteiger partial charge < -0.3 is 15.0 Å². The van der Waals surface area contributed by atoms with Crippen LogP contribution in [0.5, 0.6) is 0 Å². The second-order valence-electron chi connectivity index (χ2n) is 6.65.